The van der Waals surface area contributed by atoms with Crippen molar-refractivity contribution in [2.75, 3.05) is 13.1 Å². The maximum absolute atomic E-state index is 12.2. The Hall–Kier alpha value is -1.43. The molecule has 3 atom stereocenters. The van der Waals surface area contributed by atoms with Crippen LogP contribution in [0.4, 0.5) is 0 Å². The molecule has 1 fully saturated rings. The van der Waals surface area contributed by atoms with Gasteiger partial charge in [0, 0.05) is 25.7 Å². The lowest BCUT2D eigenvalue weighted by Gasteiger charge is -2.35. The normalized spacial score (nSPS) is 27.1. The van der Waals surface area contributed by atoms with Crippen molar-refractivity contribution in [3.8, 4) is 0 Å². The topological polar surface area (TPSA) is 61.8 Å². The number of amides is 1. The molecule has 1 aromatic rings. The van der Waals surface area contributed by atoms with Crippen LogP contribution in [-0.2, 0) is 22.5 Å². The van der Waals surface area contributed by atoms with Crippen LogP contribution in [0.2, 0.25) is 0 Å². The zero-order chi connectivity index (χ0) is 17.8. The van der Waals surface area contributed by atoms with Gasteiger partial charge < -0.3 is 15.2 Å². The average Bonchev–Trinajstić information content (AvgIpc) is 2.60. The standard InChI is InChI=1S/C20H30N2O3/c1-14(2)21-20(24)19-18(23)8-7-17(25-19)10-12-22-11-9-15-5-3-4-6-16(15)13-22/h3-6,14,17-19,23H,7-13H2,1-2H3,(H,21,24)/t17-,18-,19+/m0/s1. The fourth-order valence-electron chi connectivity index (χ4n) is 3.76. The van der Waals surface area contributed by atoms with Crippen molar-refractivity contribution in [3.05, 3.63) is 35.4 Å². The lowest BCUT2D eigenvalue weighted by atomic mass is 9.97. The molecule has 2 aliphatic rings. The molecule has 0 aromatic heterocycles. The quantitative estimate of drug-likeness (QED) is 0.854. The molecule has 25 heavy (non-hydrogen) atoms. The Morgan fingerprint density at radius 1 is 1.32 bits per heavy atom. The fourth-order valence-corrected chi connectivity index (χ4v) is 3.76. The van der Waals surface area contributed by atoms with Gasteiger partial charge in [0.05, 0.1) is 12.2 Å². The monoisotopic (exact) mass is 346 g/mol. The Labute approximate surface area is 150 Å². The molecule has 3 rings (SSSR count). The fraction of sp³-hybridized carbons (Fsp3) is 0.650. The summed E-state index contributed by atoms with van der Waals surface area (Å²) in [4.78, 5) is 14.7. The number of aliphatic hydroxyl groups is 1. The van der Waals surface area contributed by atoms with E-state index in [1.807, 2.05) is 13.8 Å². The van der Waals surface area contributed by atoms with Crippen LogP contribution >= 0.6 is 0 Å². The first-order valence-corrected chi connectivity index (χ1v) is 9.46. The molecule has 2 N–H and O–H groups in total. The van der Waals surface area contributed by atoms with Gasteiger partial charge in [-0.15, -0.1) is 0 Å². The van der Waals surface area contributed by atoms with E-state index in [-0.39, 0.29) is 18.1 Å². The van der Waals surface area contributed by atoms with Crippen molar-refractivity contribution < 1.29 is 14.6 Å². The van der Waals surface area contributed by atoms with E-state index in [1.165, 1.54) is 11.1 Å². The van der Waals surface area contributed by atoms with Crippen LogP contribution in [0.15, 0.2) is 24.3 Å². The number of hydrogen-bond donors (Lipinski definition) is 2. The van der Waals surface area contributed by atoms with Crippen LogP contribution in [0.5, 0.6) is 0 Å². The minimum atomic E-state index is -0.733. The molecular weight excluding hydrogens is 316 g/mol. The summed E-state index contributed by atoms with van der Waals surface area (Å²) in [5.41, 5.74) is 2.88. The van der Waals surface area contributed by atoms with Crippen molar-refractivity contribution in [2.24, 2.45) is 0 Å². The third-order valence-electron chi connectivity index (χ3n) is 5.14. The number of hydrogen-bond acceptors (Lipinski definition) is 4. The van der Waals surface area contributed by atoms with E-state index in [4.69, 9.17) is 4.74 Å². The zero-order valence-corrected chi connectivity index (χ0v) is 15.3. The molecule has 2 aliphatic heterocycles. The van der Waals surface area contributed by atoms with Crippen LogP contribution in [-0.4, -0.2) is 53.4 Å². The Balaban J connectivity index is 1.49. The predicted octanol–water partition coefficient (Wildman–Crippen LogP) is 1.87. The van der Waals surface area contributed by atoms with Gasteiger partial charge in [-0.05, 0) is 50.7 Å². The molecule has 0 unspecified atom stereocenters. The minimum Gasteiger partial charge on any atom is -0.390 e. The van der Waals surface area contributed by atoms with Gasteiger partial charge in [-0.3, -0.25) is 9.69 Å². The number of nitrogens with zero attached hydrogens (tertiary/aromatic N) is 1. The molecule has 1 amide bonds. The molecular formula is C20H30N2O3. The molecule has 1 aromatic carbocycles. The number of benzene rings is 1. The number of carbonyl (C=O) groups excluding carboxylic acids is 1. The molecule has 5 heteroatoms. The van der Waals surface area contributed by atoms with Gasteiger partial charge in [0.2, 0.25) is 0 Å². The summed E-state index contributed by atoms with van der Waals surface area (Å²) in [6.45, 7) is 6.86. The summed E-state index contributed by atoms with van der Waals surface area (Å²) < 4.78 is 5.93. The van der Waals surface area contributed by atoms with E-state index < -0.39 is 12.2 Å². The lowest BCUT2D eigenvalue weighted by molar-refractivity contribution is -0.159. The SMILES string of the molecule is CC(C)NC(=O)[C@@H]1O[C@H](CCN2CCc3ccccc3C2)CC[C@@H]1O. The van der Waals surface area contributed by atoms with Gasteiger partial charge in [0.15, 0.2) is 6.10 Å². The highest BCUT2D eigenvalue weighted by atomic mass is 16.5. The van der Waals surface area contributed by atoms with Gasteiger partial charge in [-0.25, -0.2) is 0 Å². The van der Waals surface area contributed by atoms with Gasteiger partial charge in [0.1, 0.15) is 0 Å². The van der Waals surface area contributed by atoms with Crippen molar-refractivity contribution in [1.82, 2.24) is 10.2 Å². The highest BCUT2D eigenvalue weighted by molar-refractivity contribution is 5.81. The summed E-state index contributed by atoms with van der Waals surface area (Å²) in [5.74, 6) is -0.195. The minimum absolute atomic E-state index is 0.0449. The average molecular weight is 346 g/mol. The van der Waals surface area contributed by atoms with E-state index in [2.05, 4.69) is 34.5 Å². The van der Waals surface area contributed by atoms with Crippen LogP contribution in [0, 0.1) is 0 Å². The largest absolute Gasteiger partial charge is 0.390 e. The molecule has 5 nitrogen and oxygen atoms in total. The third kappa shape index (κ3) is 4.81. The number of carbonyl (C=O) groups is 1. The molecule has 1 saturated heterocycles. The maximum Gasteiger partial charge on any atom is 0.252 e. The highest BCUT2D eigenvalue weighted by Crippen LogP contribution is 2.24. The number of rotatable bonds is 5. The van der Waals surface area contributed by atoms with Crippen molar-refractivity contribution in [2.45, 2.75) is 70.4 Å². The second-order valence-electron chi connectivity index (χ2n) is 7.57. The summed E-state index contributed by atoms with van der Waals surface area (Å²) in [6.07, 6.45) is 2.06. The third-order valence-corrected chi connectivity index (χ3v) is 5.14. The summed E-state index contributed by atoms with van der Waals surface area (Å²) in [7, 11) is 0. The van der Waals surface area contributed by atoms with Crippen molar-refractivity contribution >= 4 is 5.91 Å². The molecule has 0 spiro atoms. The molecule has 2 heterocycles. The smallest absolute Gasteiger partial charge is 0.252 e. The first-order chi connectivity index (χ1) is 12.0. The Bertz CT molecular complexity index is 590. The first-order valence-electron chi connectivity index (χ1n) is 9.46. The van der Waals surface area contributed by atoms with E-state index in [9.17, 15) is 9.90 Å². The summed E-state index contributed by atoms with van der Waals surface area (Å²) in [5, 5.41) is 12.9. The lowest BCUT2D eigenvalue weighted by Crippen LogP contribution is -2.50. The van der Waals surface area contributed by atoms with Gasteiger partial charge in [-0.1, -0.05) is 24.3 Å². The van der Waals surface area contributed by atoms with Gasteiger partial charge in [0.25, 0.3) is 5.91 Å². The van der Waals surface area contributed by atoms with E-state index in [0.29, 0.717) is 6.42 Å². The van der Waals surface area contributed by atoms with E-state index >= 15 is 0 Å². The number of fused-ring (bicyclic) bond motifs is 1. The van der Waals surface area contributed by atoms with Crippen LogP contribution in [0.3, 0.4) is 0 Å². The van der Waals surface area contributed by atoms with Crippen molar-refractivity contribution in [1.29, 1.82) is 0 Å². The number of aliphatic hydroxyl groups excluding tert-OH is 1. The maximum atomic E-state index is 12.2. The van der Waals surface area contributed by atoms with E-state index in [0.717, 1.165) is 38.9 Å². The summed E-state index contributed by atoms with van der Waals surface area (Å²) >= 11 is 0. The van der Waals surface area contributed by atoms with Gasteiger partial charge >= 0.3 is 0 Å². The Morgan fingerprint density at radius 3 is 2.84 bits per heavy atom. The molecule has 138 valence electrons. The highest BCUT2D eigenvalue weighted by Gasteiger charge is 2.35. The first kappa shape index (κ1) is 18.4. The molecule has 0 radical (unpaired) electrons. The van der Waals surface area contributed by atoms with Crippen molar-refractivity contribution in [3.63, 3.8) is 0 Å². The van der Waals surface area contributed by atoms with Crippen LogP contribution in [0.1, 0.15) is 44.2 Å². The van der Waals surface area contributed by atoms with E-state index in [1.54, 1.807) is 0 Å². The Morgan fingerprint density at radius 2 is 2.08 bits per heavy atom. The van der Waals surface area contributed by atoms with Crippen LogP contribution in [0.25, 0.3) is 0 Å². The number of ether oxygens (including phenoxy) is 1. The summed E-state index contributed by atoms with van der Waals surface area (Å²) in [6, 6.07) is 8.69. The zero-order valence-electron chi connectivity index (χ0n) is 15.3. The molecule has 0 aliphatic carbocycles. The predicted molar refractivity (Wildman–Crippen MR) is 97.2 cm³/mol. The number of nitrogens with one attached hydrogen (secondary N) is 1. The second kappa shape index (κ2) is 8.30. The Kier molecular flexibility index (Phi) is 6.10. The second-order valence-corrected chi connectivity index (χ2v) is 7.57. The van der Waals surface area contributed by atoms with Gasteiger partial charge in [-0.2, -0.15) is 0 Å². The molecule has 0 saturated carbocycles. The van der Waals surface area contributed by atoms with Crippen LogP contribution < -0.4 is 5.32 Å². The molecule has 0 bridgehead atoms.